The highest BCUT2D eigenvalue weighted by Crippen LogP contribution is 2.34. The Bertz CT molecular complexity index is 771. The lowest BCUT2D eigenvalue weighted by molar-refractivity contribution is 0.138. The molecule has 0 aliphatic carbocycles. The van der Waals surface area contributed by atoms with E-state index in [4.69, 9.17) is 18.9 Å². The van der Waals surface area contributed by atoms with Gasteiger partial charge in [0.2, 0.25) is 0 Å². The number of nitrogens with one attached hydrogen (secondary N) is 1. The highest BCUT2D eigenvalue weighted by molar-refractivity contribution is 5.67. The van der Waals surface area contributed by atoms with Crippen molar-refractivity contribution in [3.63, 3.8) is 0 Å². The average Bonchev–Trinajstić information content (AvgIpc) is 3.38. The van der Waals surface area contributed by atoms with E-state index in [2.05, 4.69) is 10.4 Å². The van der Waals surface area contributed by atoms with Crippen molar-refractivity contribution < 1.29 is 23.7 Å². The highest BCUT2D eigenvalue weighted by atomic mass is 16.6. The average molecular weight is 389 g/mol. The van der Waals surface area contributed by atoms with Crippen LogP contribution in [0, 0.1) is 0 Å². The summed E-state index contributed by atoms with van der Waals surface area (Å²) in [6, 6.07) is 7.70. The van der Waals surface area contributed by atoms with Crippen LogP contribution in [0.5, 0.6) is 11.5 Å². The van der Waals surface area contributed by atoms with E-state index in [9.17, 15) is 4.79 Å². The van der Waals surface area contributed by atoms with E-state index in [1.165, 1.54) is 0 Å². The Labute approximate surface area is 164 Å². The van der Waals surface area contributed by atoms with Crippen LogP contribution in [-0.2, 0) is 16.0 Å². The van der Waals surface area contributed by atoms with Gasteiger partial charge in [0.15, 0.2) is 11.5 Å². The molecule has 0 saturated carbocycles. The molecule has 0 spiro atoms. The van der Waals surface area contributed by atoms with Gasteiger partial charge in [-0.25, -0.2) is 4.79 Å². The Morgan fingerprint density at radius 2 is 2.25 bits per heavy atom. The second-order valence-electron chi connectivity index (χ2n) is 6.47. The summed E-state index contributed by atoms with van der Waals surface area (Å²) in [5.74, 6) is 1.36. The predicted octanol–water partition coefficient (Wildman–Crippen LogP) is 2.86. The number of carbonyl (C=O) groups excluding carboxylic acids is 1. The Balaban J connectivity index is 1.68. The minimum atomic E-state index is -0.408. The molecule has 1 aromatic heterocycles. The molecule has 1 saturated heterocycles. The van der Waals surface area contributed by atoms with Gasteiger partial charge < -0.3 is 24.3 Å². The number of aromatic nitrogens is 2. The summed E-state index contributed by atoms with van der Waals surface area (Å²) in [5, 5.41) is 7.02. The predicted molar refractivity (Wildman–Crippen MR) is 104 cm³/mol. The first-order chi connectivity index (χ1) is 13.7. The van der Waals surface area contributed by atoms with Gasteiger partial charge in [0, 0.05) is 24.7 Å². The van der Waals surface area contributed by atoms with Crippen LogP contribution in [-0.4, -0.2) is 55.5 Å². The first-order valence-corrected chi connectivity index (χ1v) is 9.56. The minimum absolute atomic E-state index is 0.0316. The van der Waals surface area contributed by atoms with Gasteiger partial charge in [-0.2, -0.15) is 5.10 Å². The van der Waals surface area contributed by atoms with Gasteiger partial charge >= 0.3 is 6.09 Å². The number of alkyl carbamates (subject to hydrolysis) is 1. The zero-order valence-electron chi connectivity index (χ0n) is 16.3. The summed E-state index contributed by atoms with van der Waals surface area (Å²) in [6.07, 6.45) is 3.08. The van der Waals surface area contributed by atoms with Crippen LogP contribution in [0.3, 0.4) is 0 Å². The summed E-state index contributed by atoms with van der Waals surface area (Å²) in [5.41, 5.74) is 1.86. The maximum absolute atomic E-state index is 11.6. The maximum atomic E-state index is 11.6. The van der Waals surface area contributed by atoms with Crippen LogP contribution in [0.25, 0.3) is 11.3 Å². The Kier molecular flexibility index (Phi) is 7.13. The lowest BCUT2D eigenvalue weighted by Gasteiger charge is -2.16. The van der Waals surface area contributed by atoms with E-state index in [0.717, 1.165) is 24.1 Å². The lowest BCUT2D eigenvalue weighted by atomic mass is 10.1. The van der Waals surface area contributed by atoms with E-state index in [1.807, 2.05) is 31.2 Å². The van der Waals surface area contributed by atoms with Crippen molar-refractivity contribution in [1.29, 1.82) is 0 Å². The van der Waals surface area contributed by atoms with E-state index in [1.54, 1.807) is 18.0 Å². The van der Waals surface area contributed by atoms with Gasteiger partial charge in [-0.05, 0) is 30.7 Å². The molecule has 28 heavy (non-hydrogen) atoms. The zero-order chi connectivity index (χ0) is 19.8. The van der Waals surface area contributed by atoms with Crippen LogP contribution in [0.15, 0.2) is 30.5 Å². The number of methoxy groups -OCH3 is 1. The fraction of sp³-hybridized carbons (Fsp3) is 0.500. The van der Waals surface area contributed by atoms with E-state index in [-0.39, 0.29) is 12.7 Å². The van der Waals surface area contributed by atoms with Gasteiger partial charge in [-0.1, -0.05) is 6.92 Å². The molecule has 2 aromatic rings. The third-order valence-electron chi connectivity index (χ3n) is 4.41. The SMILES string of the molecule is CCCNC(=O)OCCn1nccc1-c1ccc(OC)c(O[C@@H]2CCOC2)c1. The van der Waals surface area contributed by atoms with Crippen LogP contribution in [0.2, 0.25) is 0 Å². The standard InChI is InChI=1S/C20H27N3O5/c1-3-8-21-20(24)27-12-10-23-17(6-9-22-23)15-4-5-18(25-2)19(13-15)28-16-7-11-26-14-16/h4-6,9,13,16H,3,7-8,10-12,14H2,1-2H3,(H,21,24)/t16-/m1/s1. The number of benzene rings is 1. The van der Waals surface area contributed by atoms with E-state index in [0.29, 0.717) is 37.8 Å². The Morgan fingerprint density at radius 3 is 3.00 bits per heavy atom. The Morgan fingerprint density at radius 1 is 1.36 bits per heavy atom. The molecule has 8 nitrogen and oxygen atoms in total. The normalized spacial score (nSPS) is 16.0. The molecule has 152 valence electrons. The molecule has 0 bridgehead atoms. The third-order valence-corrected chi connectivity index (χ3v) is 4.41. The first kappa shape index (κ1) is 20.0. The first-order valence-electron chi connectivity index (χ1n) is 9.56. The highest BCUT2D eigenvalue weighted by Gasteiger charge is 2.20. The summed E-state index contributed by atoms with van der Waals surface area (Å²) in [6.45, 7) is 4.59. The molecule has 3 rings (SSSR count). The second kappa shape index (κ2) is 9.98. The van der Waals surface area contributed by atoms with Crippen LogP contribution in [0.4, 0.5) is 4.79 Å². The van der Waals surface area contributed by atoms with Crippen molar-refractivity contribution in [3.8, 4) is 22.8 Å². The molecule has 1 N–H and O–H groups in total. The van der Waals surface area contributed by atoms with Crippen molar-refractivity contribution in [1.82, 2.24) is 15.1 Å². The van der Waals surface area contributed by atoms with Gasteiger partial charge in [-0.3, -0.25) is 4.68 Å². The smallest absolute Gasteiger partial charge is 0.407 e. The van der Waals surface area contributed by atoms with Crippen LogP contribution < -0.4 is 14.8 Å². The van der Waals surface area contributed by atoms with Crippen LogP contribution in [0.1, 0.15) is 19.8 Å². The molecule has 0 radical (unpaired) electrons. The van der Waals surface area contributed by atoms with Gasteiger partial charge in [0.1, 0.15) is 12.7 Å². The lowest BCUT2D eigenvalue weighted by Crippen LogP contribution is -2.26. The molecular weight excluding hydrogens is 362 g/mol. The van der Waals surface area contributed by atoms with E-state index >= 15 is 0 Å². The maximum Gasteiger partial charge on any atom is 0.407 e. The second-order valence-corrected chi connectivity index (χ2v) is 6.47. The third kappa shape index (κ3) is 5.16. The molecule has 1 fully saturated rings. The van der Waals surface area contributed by atoms with Crippen LogP contribution >= 0.6 is 0 Å². The summed E-state index contributed by atoms with van der Waals surface area (Å²) in [7, 11) is 1.62. The quantitative estimate of drug-likeness (QED) is 0.710. The molecule has 1 aromatic carbocycles. The summed E-state index contributed by atoms with van der Waals surface area (Å²) < 4.78 is 23.9. The van der Waals surface area contributed by atoms with Crippen molar-refractivity contribution >= 4 is 6.09 Å². The number of rotatable bonds is 9. The fourth-order valence-corrected chi connectivity index (χ4v) is 2.97. The van der Waals surface area contributed by atoms with Gasteiger partial charge in [0.05, 0.1) is 32.6 Å². The number of ether oxygens (including phenoxy) is 4. The molecule has 0 unspecified atom stereocenters. The summed E-state index contributed by atoms with van der Waals surface area (Å²) in [4.78, 5) is 11.6. The fourth-order valence-electron chi connectivity index (χ4n) is 2.97. The van der Waals surface area contributed by atoms with Crippen molar-refractivity contribution in [2.45, 2.75) is 32.4 Å². The topological polar surface area (TPSA) is 83.8 Å². The monoisotopic (exact) mass is 389 g/mol. The molecule has 1 aliphatic heterocycles. The summed E-state index contributed by atoms with van der Waals surface area (Å²) >= 11 is 0. The molecule has 1 atom stereocenters. The number of hydrogen-bond acceptors (Lipinski definition) is 6. The molecular formula is C20H27N3O5. The largest absolute Gasteiger partial charge is 0.493 e. The molecule has 8 heteroatoms. The molecule has 1 aliphatic rings. The minimum Gasteiger partial charge on any atom is -0.493 e. The molecule has 1 amide bonds. The van der Waals surface area contributed by atoms with E-state index < -0.39 is 6.09 Å². The van der Waals surface area contributed by atoms with Crippen molar-refractivity contribution in [3.05, 3.63) is 30.5 Å². The van der Waals surface area contributed by atoms with Gasteiger partial charge in [0.25, 0.3) is 0 Å². The number of hydrogen-bond donors (Lipinski definition) is 1. The molecule has 2 heterocycles. The van der Waals surface area contributed by atoms with Crippen molar-refractivity contribution in [2.24, 2.45) is 0 Å². The number of nitrogens with zero attached hydrogens (tertiary/aromatic N) is 2. The number of amides is 1. The van der Waals surface area contributed by atoms with Gasteiger partial charge in [-0.15, -0.1) is 0 Å². The zero-order valence-corrected chi connectivity index (χ0v) is 16.3. The number of carbonyl (C=O) groups is 1. The Hall–Kier alpha value is -2.74. The van der Waals surface area contributed by atoms with Crippen molar-refractivity contribution in [2.75, 3.05) is 33.5 Å².